The average Bonchev–Trinajstić information content (AvgIpc) is 2.78. The molecule has 0 atom stereocenters. The molecule has 0 unspecified atom stereocenters. The van der Waals surface area contributed by atoms with Crippen molar-refractivity contribution < 1.29 is 19.2 Å². The van der Waals surface area contributed by atoms with Crippen LogP contribution in [0.5, 0.6) is 5.75 Å². The fraction of sp³-hybridized carbons (Fsp3) is 0.364. The third-order valence-corrected chi connectivity index (χ3v) is 5.37. The summed E-state index contributed by atoms with van der Waals surface area (Å²) in [4.78, 5) is 36.7. The van der Waals surface area contributed by atoms with Crippen molar-refractivity contribution in [1.29, 1.82) is 0 Å². The maximum atomic E-state index is 12.4. The number of amides is 2. The molecule has 0 aromatic heterocycles. The predicted octanol–water partition coefficient (Wildman–Crippen LogP) is 2.81. The summed E-state index contributed by atoms with van der Waals surface area (Å²) < 4.78 is 5.18. The van der Waals surface area contributed by atoms with Crippen molar-refractivity contribution in [2.24, 2.45) is 5.92 Å². The molecule has 2 aromatic carbocycles. The van der Waals surface area contributed by atoms with Crippen LogP contribution in [0.4, 0.5) is 5.69 Å². The number of hydrogen-bond acceptors (Lipinski definition) is 5. The Hall–Kier alpha value is -3.42. The van der Waals surface area contributed by atoms with E-state index in [4.69, 9.17) is 4.74 Å². The summed E-state index contributed by atoms with van der Waals surface area (Å²) in [6.45, 7) is 1.20. The highest BCUT2D eigenvalue weighted by molar-refractivity contribution is 5.96. The minimum atomic E-state index is -0.558. The molecule has 2 amide bonds. The maximum absolute atomic E-state index is 12.4. The van der Waals surface area contributed by atoms with Crippen LogP contribution in [0.2, 0.25) is 0 Å². The van der Waals surface area contributed by atoms with Crippen LogP contribution in [0.1, 0.15) is 28.8 Å². The summed E-state index contributed by atoms with van der Waals surface area (Å²) in [5.74, 6) is 0.714. The number of non-ortho nitro benzene ring substituents is 1. The molecular weight excluding hydrogens is 386 g/mol. The fourth-order valence-electron chi connectivity index (χ4n) is 3.61. The highest BCUT2D eigenvalue weighted by Gasteiger charge is 2.23. The molecule has 8 heteroatoms. The number of hydrogen-bond donors (Lipinski definition) is 1. The van der Waals surface area contributed by atoms with Crippen LogP contribution in [0.15, 0.2) is 48.5 Å². The van der Waals surface area contributed by atoms with E-state index in [-0.39, 0.29) is 23.7 Å². The number of ether oxygens (including phenoxy) is 1. The fourth-order valence-corrected chi connectivity index (χ4v) is 3.61. The van der Waals surface area contributed by atoms with E-state index in [0.29, 0.717) is 19.0 Å². The third-order valence-electron chi connectivity index (χ3n) is 5.37. The molecule has 8 nitrogen and oxygen atoms in total. The highest BCUT2D eigenvalue weighted by Crippen LogP contribution is 2.23. The van der Waals surface area contributed by atoms with Gasteiger partial charge in [-0.1, -0.05) is 18.2 Å². The second-order valence-corrected chi connectivity index (χ2v) is 7.37. The number of methoxy groups -OCH3 is 1. The molecule has 0 bridgehead atoms. The van der Waals surface area contributed by atoms with E-state index in [1.807, 2.05) is 12.1 Å². The Kier molecular flexibility index (Phi) is 7.00. The molecule has 1 fully saturated rings. The Bertz CT molecular complexity index is 905. The SMILES string of the molecule is COc1ccc(CC2CCN(C(=O)CNC(=O)c3cccc([N+](=O)[O-])c3)CC2)cc1. The number of nitrogens with one attached hydrogen (secondary N) is 1. The highest BCUT2D eigenvalue weighted by atomic mass is 16.6. The Labute approximate surface area is 175 Å². The Morgan fingerprint density at radius 3 is 2.50 bits per heavy atom. The lowest BCUT2D eigenvalue weighted by molar-refractivity contribution is -0.384. The van der Waals surface area contributed by atoms with Gasteiger partial charge in [-0.3, -0.25) is 19.7 Å². The van der Waals surface area contributed by atoms with Crippen molar-refractivity contribution in [2.45, 2.75) is 19.3 Å². The summed E-state index contributed by atoms with van der Waals surface area (Å²) in [6.07, 6.45) is 2.79. The average molecular weight is 411 g/mol. The zero-order chi connectivity index (χ0) is 21.5. The smallest absolute Gasteiger partial charge is 0.270 e. The number of nitrogens with zero attached hydrogens (tertiary/aromatic N) is 2. The monoisotopic (exact) mass is 411 g/mol. The van der Waals surface area contributed by atoms with Gasteiger partial charge in [0, 0.05) is 30.8 Å². The van der Waals surface area contributed by atoms with Gasteiger partial charge in [0.15, 0.2) is 0 Å². The van der Waals surface area contributed by atoms with Gasteiger partial charge < -0.3 is 15.0 Å². The van der Waals surface area contributed by atoms with Crippen LogP contribution in [-0.2, 0) is 11.2 Å². The number of benzene rings is 2. The lowest BCUT2D eigenvalue weighted by Crippen LogP contribution is -2.44. The molecule has 3 rings (SSSR count). The van der Waals surface area contributed by atoms with Crippen LogP contribution in [0.25, 0.3) is 0 Å². The molecule has 0 radical (unpaired) electrons. The van der Waals surface area contributed by atoms with Gasteiger partial charge >= 0.3 is 0 Å². The minimum absolute atomic E-state index is 0.120. The first-order valence-electron chi connectivity index (χ1n) is 9.89. The summed E-state index contributed by atoms with van der Waals surface area (Å²) in [6, 6.07) is 13.5. The van der Waals surface area contributed by atoms with E-state index in [1.165, 1.54) is 29.8 Å². The third kappa shape index (κ3) is 5.56. The number of nitro benzene ring substituents is 1. The summed E-state index contributed by atoms with van der Waals surface area (Å²) in [5.41, 5.74) is 1.26. The molecule has 1 aliphatic rings. The van der Waals surface area contributed by atoms with Gasteiger partial charge in [0.05, 0.1) is 18.6 Å². The molecule has 30 heavy (non-hydrogen) atoms. The van der Waals surface area contributed by atoms with Crippen LogP contribution in [0.3, 0.4) is 0 Å². The van der Waals surface area contributed by atoms with Gasteiger partial charge in [0.25, 0.3) is 11.6 Å². The molecule has 1 N–H and O–H groups in total. The first-order chi connectivity index (χ1) is 14.5. The summed E-state index contributed by atoms with van der Waals surface area (Å²) in [5, 5.41) is 13.4. The van der Waals surface area contributed by atoms with E-state index in [2.05, 4.69) is 17.4 Å². The number of nitro groups is 1. The van der Waals surface area contributed by atoms with Gasteiger partial charge in [-0.05, 0) is 48.9 Å². The van der Waals surface area contributed by atoms with E-state index in [9.17, 15) is 19.7 Å². The lowest BCUT2D eigenvalue weighted by atomic mass is 9.90. The van der Waals surface area contributed by atoms with Crippen molar-refractivity contribution in [2.75, 3.05) is 26.7 Å². The van der Waals surface area contributed by atoms with Crippen LogP contribution < -0.4 is 10.1 Å². The lowest BCUT2D eigenvalue weighted by Gasteiger charge is -2.32. The van der Waals surface area contributed by atoms with E-state index >= 15 is 0 Å². The first kappa shape index (κ1) is 21.3. The van der Waals surface area contributed by atoms with Crippen LogP contribution in [-0.4, -0.2) is 48.4 Å². The van der Waals surface area contributed by atoms with E-state index in [0.717, 1.165) is 25.0 Å². The summed E-state index contributed by atoms with van der Waals surface area (Å²) in [7, 11) is 1.65. The molecule has 1 saturated heterocycles. The molecule has 0 saturated carbocycles. The van der Waals surface area contributed by atoms with Crippen molar-refractivity contribution in [1.82, 2.24) is 10.2 Å². The number of piperidine rings is 1. The Balaban J connectivity index is 1.44. The maximum Gasteiger partial charge on any atom is 0.270 e. The zero-order valence-corrected chi connectivity index (χ0v) is 16.9. The molecule has 0 aliphatic carbocycles. The molecule has 1 aliphatic heterocycles. The van der Waals surface area contributed by atoms with Crippen molar-refractivity contribution >= 4 is 17.5 Å². The molecule has 158 valence electrons. The quantitative estimate of drug-likeness (QED) is 0.558. The Morgan fingerprint density at radius 1 is 1.17 bits per heavy atom. The molecular formula is C22H25N3O5. The van der Waals surface area contributed by atoms with Gasteiger partial charge in [0.1, 0.15) is 5.75 Å². The second-order valence-electron chi connectivity index (χ2n) is 7.37. The summed E-state index contributed by atoms with van der Waals surface area (Å²) >= 11 is 0. The largest absolute Gasteiger partial charge is 0.497 e. The van der Waals surface area contributed by atoms with E-state index < -0.39 is 10.8 Å². The minimum Gasteiger partial charge on any atom is -0.497 e. The number of carbonyl (C=O) groups is 2. The van der Waals surface area contributed by atoms with Gasteiger partial charge in [-0.25, -0.2) is 0 Å². The van der Waals surface area contributed by atoms with Gasteiger partial charge in [-0.15, -0.1) is 0 Å². The second kappa shape index (κ2) is 9.87. The van der Waals surface area contributed by atoms with Crippen molar-refractivity contribution in [3.8, 4) is 5.75 Å². The predicted molar refractivity (Wildman–Crippen MR) is 111 cm³/mol. The van der Waals surface area contributed by atoms with Gasteiger partial charge in [-0.2, -0.15) is 0 Å². The van der Waals surface area contributed by atoms with E-state index in [1.54, 1.807) is 12.0 Å². The Morgan fingerprint density at radius 2 is 1.87 bits per heavy atom. The van der Waals surface area contributed by atoms with Gasteiger partial charge in [0.2, 0.25) is 5.91 Å². The molecule has 0 spiro atoms. The number of rotatable bonds is 7. The number of likely N-dealkylation sites (tertiary alicyclic amines) is 1. The molecule has 2 aromatic rings. The molecule has 1 heterocycles. The van der Waals surface area contributed by atoms with Crippen LogP contribution in [0, 0.1) is 16.0 Å². The standard InChI is InChI=1S/C22H25N3O5/c1-30-20-7-5-16(6-8-20)13-17-9-11-24(12-10-17)21(26)15-23-22(27)18-3-2-4-19(14-18)25(28)29/h2-8,14,17H,9-13,15H2,1H3,(H,23,27). The van der Waals surface area contributed by atoms with Crippen molar-refractivity contribution in [3.63, 3.8) is 0 Å². The van der Waals surface area contributed by atoms with Crippen molar-refractivity contribution in [3.05, 3.63) is 69.8 Å². The zero-order valence-electron chi connectivity index (χ0n) is 16.9. The first-order valence-corrected chi connectivity index (χ1v) is 9.89. The van der Waals surface area contributed by atoms with Crippen LogP contribution >= 0.6 is 0 Å². The number of carbonyl (C=O) groups excluding carboxylic acids is 2. The normalized spacial score (nSPS) is 14.2. The topological polar surface area (TPSA) is 102 Å².